The summed E-state index contributed by atoms with van der Waals surface area (Å²) in [7, 11) is 0. The molecule has 1 amide bonds. The molecule has 0 aliphatic carbocycles. The number of aromatic nitrogens is 2. The fourth-order valence-electron chi connectivity index (χ4n) is 2.24. The van der Waals surface area contributed by atoms with Gasteiger partial charge in [-0.2, -0.15) is 0 Å². The van der Waals surface area contributed by atoms with Crippen LogP contribution in [-0.4, -0.2) is 21.0 Å². The molecule has 0 fully saturated rings. The Bertz CT molecular complexity index is 900. The van der Waals surface area contributed by atoms with E-state index in [1.807, 2.05) is 18.2 Å². The summed E-state index contributed by atoms with van der Waals surface area (Å²) in [6, 6.07) is 9.06. The van der Waals surface area contributed by atoms with Crippen LogP contribution < -0.4 is 5.32 Å². The highest BCUT2D eigenvalue weighted by atomic mass is 127. The molecule has 0 unspecified atom stereocenters. The third-order valence-corrected chi connectivity index (χ3v) is 4.33. The molecule has 0 saturated carbocycles. The molecule has 5 nitrogen and oxygen atoms in total. The monoisotopic (exact) mass is 453 g/mol. The Labute approximate surface area is 157 Å². The van der Waals surface area contributed by atoms with Crippen LogP contribution in [0.4, 0.5) is 0 Å². The van der Waals surface area contributed by atoms with Gasteiger partial charge >= 0.3 is 0 Å². The largest absolute Gasteiger partial charge is 0.505 e. The number of rotatable bonds is 4. The van der Waals surface area contributed by atoms with Crippen molar-refractivity contribution in [3.05, 3.63) is 62.6 Å². The van der Waals surface area contributed by atoms with Gasteiger partial charge in [0, 0.05) is 26.7 Å². The standard InChI is InChI=1S/C17H13ClIN3O2/c18-11-3-1-10(2-4-11)7-22-16(23)6-14-17(24)13-5-12(19)8-20-15(13)9-21-14/h1-5,8-9,24H,6-7H2,(H,22,23). The van der Waals surface area contributed by atoms with Crippen molar-refractivity contribution in [1.29, 1.82) is 0 Å². The zero-order valence-corrected chi connectivity index (χ0v) is 15.4. The van der Waals surface area contributed by atoms with E-state index in [1.54, 1.807) is 24.5 Å². The quantitative estimate of drug-likeness (QED) is 0.594. The van der Waals surface area contributed by atoms with E-state index < -0.39 is 0 Å². The zero-order valence-electron chi connectivity index (χ0n) is 12.5. The van der Waals surface area contributed by atoms with E-state index in [-0.39, 0.29) is 18.1 Å². The first-order chi connectivity index (χ1) is 11.5. The van der Waals surface area contributed by atoms with Gasteiger partial charge < -0.3 is 10.4 Å². The summed E-state index contributed by atoms with van der Waals surface area (Å²) in [5.41, 5.74) is 1.88. The smallest absolute Gasteiger partial charge is 0.226 e. The van der Waals surface area contributed by atoms with Crippen LogP contribution in [-0.2, 0) is 17.8 Å². The van der Waals surface area contributed by atoms with E-state index in [0.717, 1.165) is 9.13 Å². The van der Waals surface area contributed by atoms with E-state index in [9.17, 15) is 9.90 Å². The molecule has 2 N–H and O–H groups in total. The van der Waals surface area contributed by atoms with Crippen molar-refractivity contribution >= 4 is 51.0 Å². The second-order valence-corrected chi connectivity index (χ2v) is 6.90. The van der Waals surface area contributed by atoms with Crippen LogP contribution >= 0.6 is 34.2 Å². The van der Waals surface area contributed by atoms with Crippen molar-refractivity contribution in [2.24, 2.45) is 0 Å². The van der Waals surface area contributed by atoms with Gasteiger partial charge in [0.2, 0.25) is 5.91 Å². The molecule has 3 rings (SSSR count). The molecule has 24 heavy (non-hydrogen) atoms. The minimum atomic E-state index is -0.217. The summed E-state index contributed by atoms with van der Waals surface area (Å²) in [6.45, 7) is 0.393. The molecule has 2 heterocycles. The number of hydrogen-bond donors (Lipinski definition) is 2. The third-order valence-electron chi connectivity index (χ3n) is 3.49. The molecule has 0 aliphatic heterocycles. The van der Waals surface area contributed by atoms with Crippen LogP contribution in [0.2, 0.25) is 5.02 Å². The SMILES string of the molecule is O=C(Cc1ncc2ncc(I)cc2c1O)NCc1ccc(Cl)cc1. The Balaban J connectivity index is 1.71. The lowest BCUT2D eigenvalue weighted by Crippen LogP contribution is -2.25. The van der Waals surface area contributed by atoms with E-state index in [4.69, 9.17) is 11.6 Å². The minimum absolute atomic E-state index is 0.000147. The van der Waals surface area contributed by atoms with Crippen LogP contribution in [0.15, 0.2) is 42.7 Å². The lowest BCUT2D eigenvalue weighted by Gasteiger charge is -2.08. The van der Waals surface area contributed by atoms with Crippen LogP contribution in [0.3, 0.4) is 0 Å². The predicted molar refractivity (Wildman–Crippen MR) is 101 cm³/mol. The number of pyridine rings is 2. The molecule has 0 bridgehead atoms. The van der Waals surface area contributed by atoms with Crippen LogP contribution in [0, 0.1) is 3.57 Å². The molecule has 3 aromatic rings. The van der Waals surface area contributed by atoms with E-state index >= 15 is 0 Å². The van der Waals surface area contributed by atoms with Gasteiger partial charge in [-0.1, -0.05) is 23.7 Å². The number of amides is 1. The van der Waals surface area contributed by atoms with Crippen LogP contribution in [0.25, 0.3) is 10.9 Å². The van der Waals surface area contributed by atoms with Crippen molar-refractivity contribution in [3.63, 3.8) is 0 Å². The number of aromatic hydroxyl groups is 1. The van der Waals surface area contributed by atoms with Crippen molar-refractivity contribution in [1.82, 2.24) is 15.3 Å². The Kier molecular flexibility index (Phi) is 5.15. The second kappa shape index (κ2) is 7.31. The summed E-state index contributed by atoms with van der Waals surface area (Å²) in [6.07, 6.45) is 3.26. The lowest BCUT2D eigenvalue weighted by atomic mass is 10.1. The normalized spacial score (nSPS) is 10.8. The van der Waals surface area contributed by atoms with Gasteiger partial charge in [0.15, 0.2) is 0 Å². The van der Waals surface area contributed by atoms with Gasteiger partial charge in [-0.15, -0.1) is 0 Å². The van der Waals surface area contributed by atoms with Gasteiger partial charge in [-0.25, -0.2) is 0 Å². The highest BCUT2D eigenvalue weighted by Gasteiger charge is 2.13. The molecule has 1 aromatic carbocycles. The van der Waals surface area contributed by atoms with Crippen molar-refractivity contribution in [2.75, 3.05) is 0 Å². The first-order valence-corrected chi connectivity index (χ1v) is 8.62. The first kappa shape index (κ1) is 16.9. The number of hydrogen-bond acceptors (Lipinski definition) is 4. The van der Waals surface area contributed by atoms with Crippen molar-refractivity contribution < 1.29 is 9.90 Å². The number of benzene rings is 1. The first-order valence-electron chi connectivity index (χ1n) is 7.16. The maximum atomic E-state index is 12.1. The average molecular weight is 454 g/mol. The number of fused-ring (bicyclic) bond motifs is 1. The average Bonchev–Trinajstić information content (AvgIpc) is 2.57. The summed E-state index contributed by atoms with van der Waals surface area (Å²) < 4.78 is 0.903. The number of carbonyl (C=O) groups excluding carboxylic acids is 1. The number of carbonyl (C=O) groups is 1. The maximum absolute atomic E-state index is 12.1. The molecular formula is C17H13ClIN3O2. The van der Waals surface area contributed by atoms with Gasteiger partial charge in [0.1, 0.15) is 5.75 Å². The summed E-state index contributed by atoms with van der Waals surface area (Å²) >= 11 is 7.95. The molecule has 0 radical (unpaired) electrons. The van der Waals surface area contributed by atoms with E-state index in [2.05, 4.69) is 37.9 Å². The van der Waals surface area contributed by atoms with E-state index in [1.165, 1.54) is 0 Å². The molecular weight excluding hydrogens is 441 g/mol. The van der Waals surface area contributed by atoms with Crippen molar-refractivity contribution in [2.45, 2.75) is 13.0 Å². The Morgan fingerprint density at radius 1 is 1.21 bits per heavy atom. The van der Waals surface area contributed by atoms with Gasteiger partial charge in [0.05, 0.1) is 23.8 Å². The zero-order chi connectivity index (χ0) is 17.1. The molecule has 0 aliphatic rings. The highest BCUT2D eigenvalue weighted by molar-refractivity contribution is 14.1. The minimum Gasteiger partial charge on any atom is -0.505 e. The summed E-state index contributed by atoms with van der Waals surface area (Å²) in [5, 5.41) is 14.4. The van der Waals surface area contributed by atoms with Crippen molar-refractivity contribution in [3.8, 4) is 5.75 Å². The summed E-state index contributed by atoms with van der Waals surface area (Å²) in [4.78, 5) is 20.5. The predicted octanol–water partition coefficient (Wildman–Crippen LogP) is 3.45. The fraction of sp³-hybridized carbons (Fsp3) is 0.118. The third kappa shape index (κ3) is 3.93. The van der Waals surface area contributed by atoms with Gasteiger partial charge in [-0.3, -0.25) is 14.8 Å². The molecule has 0 atom stereocenters. The van der Waals surface area contributed by atoms with Crippen LogP contribution in [0.5, 0.6) is 5.75 Å². The van der Waals surface area contributed by atoms with Gasteiger partial charge in [-0.05, 0) is 46.4 Å². The van der Waals surface area contributed by atoms with E-state index in [0.29, 0.717) is 28.2 Å². The molecule has 122 valence electrons. The Morgan fingerprint density at radius 3 is 2.71 bits per heavy atom. The fourth-order valence-corrected chi connectivity index (χ4v) is 2.82. The Hall–Kier alpha value is -1.93. The summed E-state index contributed by atoms with van der Waals surface area (Å²) in [5.74, 6) is -0.217. The van der Waals surface area contributed by atoms with Crippen LogP contribution in [0.1, 0.15) is 11.3 Å². The van der Waals surface area contributed by atoms with Gasteiger partial charge in [0.25, 0.3) is 0 Å². The molecule has 7 heteroatoms. The maximum Gasteiger partial charge on any atom is 0.226 e. The number of nitrogens with zero attached hydrogens (tertiary/aromatic N) is 2. The highest BCUT2D eigenvalue weighted by Crippen LogP contribution is 2.27. The molecule has 2 aromatic heterocycles. The molecule has 0 saturated heterocycles. The number of nitrogens with one attached hydrogen (secondary N) is 1. The number of halogens is 2. The topological polar surface area (TPSA) is 75.1 Å². The second-order valence-electron chi connectivity index (χ2n) is 5.22. The Morgan fingerprint density at radius 2 is 1.96 bits per heavy atom. The molecule has 0 spiro atoms. The lowest BCUT2D eigenvalue weighted by molar-refractivity contribution is -0.120.